The van der Waals surface area contributed by atoms with Gasteiger partial charge in [-0.25, -0.2) is 0 Å². The van der Waals surface area contributed by atoms with Crippen LogP contribution in [0.3, 0.4) is 0 Å². The highest BCUT2D eigenvalue weighted by Gasteiger charge is 2.17. The number of benzene rings is 1. The summed E-state index contributed by atoms with van der Waals surface area (Å²) in [6, 6.07) is 7.16. The molecule has 3 unspecified atom stereocenters. The normalized spacial score (nSPS) is 18.5. The lowest BCUT2D eigenvalue weighted by atomic mass is 9.99. The summed E-state index contributed by atoms with van der Waals surface area (Å²) in [5.74, 6) is 1.04. The summed E-state index contributed by atoms with van der Waals surface area (Å²) >= 11 is 0. The van der Waals surface area contributed by atoms with Crippen LogP contribution in [0.4, 0.5) is 0 Å². The lowest BCUT2D eigenvalue weighted by molar-refractivity contribution is 0.167. The van der Waals surface area contributed by atoms with Crippen LogP contribution in [0.1, 0.15) is 50.8 Å². The molecule has 0 radical (unpaired) electrons. The molecule has 3 atom stereocenters. The molecule has 2 rings (SSSR count). The van der Waals surface area contributed by atoms with E-state index in [1.165, 1.54) is 11.1 Å². The third kappa shape index (κ3) is 3.71. The highest BCUT2D eigenvalue weighted by atomic mass is 16.5. The van der Waals surface area contributed by atoms with Crippen molar-refractivity contribution in [2.75, 3.05) is 6.61 Å². The zero-order chi connectivity index (χ0) is 13.8. The van der Waals surface area contributed by atoms with E-state index < -0.39 is 0 Å². The second-order valence-corrected chi connectivity index (χ2v) is 5.58. The Morgan fingerprint density at radius 3 is 2.84 bits per heavy atom. The molecule has 1 aromatic rings. The summed E-state index contributed by atoms with van der Waals surface area (Å²) in [6.07, 6.45) is 2.59. The van der Waals surface area contributed by atoms with Crippen LogP contribution in [0.25, 0.3) is 0 Å². The van der Waals surface area contributed by atoms with Gasteiger partial charge in [0.2, 0.25) is 0 Å². The fraction of sp³-hybridized carbons (Fsp3) is 0.625. The number of aliphatic hydroxyl groups excluding tert-OH is 1. The van der Waals surface area contributed by atoms with E-state index in [1.54, 1.807) is 0 Å². The van der Waals surface area contributed by atoms with Gasteiger partial charge in [-0.1, -0.05) is 19.1 Å². The summed E-state index contributed by atoms with van der Waals surface area (Å²) in [4.78, 5) is 0. The first-order valence-corrected chi connectivity index (χ1v) is 7.30. The van der Waals surface area contributed by atoms with Crippen LogP contribution in [0, 0.1) is 0 Å². The third-order valence-electron chi connectivity index (χ3n) is 3.70. The Labute approximate surface area is 116 Å². The molecule has 0 aliphatic carbocycles. The van der Waals surface area contributed by atoms with Gasteiger partial charge in [0.1, 0.15) is 5.75 Å². The Morgan fingerprint density at radius 2 is 2.16 bits per heavy atom. The lowest BCUT2D eigenvalue weighted by Gasteiger charge is -2.24. The standard InChI is InChI=1S/C16H25NO2/c1-4-15(17-11(2)9-12(3)18)13-5-6-16-14(10-13)7-8-19-16/h5-6,10-12,15,17-18H,4,7-9H2,1-3H3. The number of ether oxygens (including phenoxy) is 1. The van der Waals surface area contributed by atoms with Gasteiger partial charge in [-0.15, -0.1) is 0 Å². The van der Waals surface area contributed by atoms with Crippen molar-refractivity contribution in [3.05, 3.63) is 29.3 Å². The van der Waals surface area contributed by atoms with E-state index in [1.807, 2.05) is 6.92 Å². The fourth-order valence-electron chi connectivity index (χ4n) is 2.80. The maximum Gasteiger partial charge on any atom is 0.122 e. The van der Waals surface area contributed by atoms with Crippen LogP contribution in [0.15, 0.2) is 18.2 Å². The van der Waals surface area contributed by atoms with Gasteiger partial charge in [-0.05, 0) is 43.9 Å². The van der Waals surface area contributed by atoms with Gasteiger partial charge in [0.15, 0.2) is 0 Å². The Kier molecular flexibility index (Phi) is 4.83. The smallest absolute Gasteiger partial charge is 0.122 e. The average molecular weight is 263 g/mol. The SMILES string of the molecule is CCC(NC(C)CC(C)O)c1ccc2c(c1)CCO2. The van der Waals surface area contributed by atoms with Gasteiger partial charge in [-0.3, -0.25) is 0 Å². The minimum Gasteiger partial charge on any atom is -0.493 e. The van der Waals surface area contributed by atoms with Gasteiger partial charge in [0.25, 0.3) is 0 Å². The first-order valence-electron chi connectivity index (χ1n) is 7.30. The zero-order valence-corrected chi connectivity index (χ0v) is 12.1. The Balaban J connectivity index is 2.05. The number of nitrogens with one attached hydrogen (secondary N) is 1. The van der Waals surface area contributed by atoms with Crippen LogP contribution >= 0.6 is 0 Å². The summed E-state index contributed by atoms with van der Waals surface area (Å²) in [7, 11) is 0. The Hall–Kier alpha value is -1.06. The summed E-state index contributed by atoms with van der Waals surface area (Å²) < 4.78 is 5.55. The number of hydrogen-bond donors (Lipinski definition) is 2. The first-order chi connectivity index (χ1) is 9.10. The molecule has 106 valence electrons. The first kappa shape index (κ1) is 14.4. The van der Waals surface area contributed by atoms with Crippen molar-refractivity contribution in [2.45, 2.75) is 58.2 Å². The van der Waals surface area contributed by atoms with E-state index >= 15 is 0 Å². The third-order valence-corrected chi connectivity index (χ3v) is 3.70. The molecule has 0 saturated carbocycles. The molecular formula is C16H25NO2. The number of hydrogen-bond acceptors (Lipinski definition) is 3. The molecular weight excluding hydrogens is 238 g/mol. The molecule has 1 heterocycles. The molecule has 0 amide bonds. The van der Waals surface area contributed by atoms with Crippen LogP contribution in [0.2, 0.25) is 0 Å². The molecule has 1 aliphatic rings. The van der Waals surface area contributed by atoms with Crippen molar-refractivity contribution >= 4 is 0 Å². The van der Waals surface area contributed by atoms with Gasteiger partial charge < -0.3 is 15.2 Å². The van der Waals surface area contributed by atoms with Crippen LogP contribution < -0.4 is 10.1 Å². The summed E-state index contributed by atoms with van der Waals surface area (Å²) in [5, 5.41) is 13.1. The van der Waals surface area contributed by atoms with Crippen LogP contribution in [0.5, 0.6) is 5.75 Å². The molecule has 0 spiro atoms. The van der Waals surface area contributed by atoms with Gasteiger partial charge in [-0.2, -0.15) is 0 Å². The van der Waals surface area contributed by atoms with Gasteiger partial charge in [0.05, 0.1) is 12.7 Å². The van der Waals surface area contributed by atoms with Crippen molar-refractivity contribution < 1.29 is 9.84 Å². The molecule has 0 saturated heterocycles. The molecule has 3 heteroatoms. The van der Waals surface area contributed by atoms with Crippen molar-refractivity contribution in [1.82, 2.24) is 5.32 Å². The van der Waals surface area contributed by atoms with E-state index in [0.717, 1.165) is 31.6 Å². The largest absolute Gasteiger partial charge is 0.493 e. The predicted molar refractivity (Wildman–Crippen MR) is 77.6 cm³/mol. The highest BCUT2D eigenvalue weighted by molar-refractivity contribution is 5.40. The molecule has 0 aromatic heterocycles. The molecule has 0 fully saturated rings. The average Bonchev–Trinajstić information content (AvgIpc) is 2.82. The summed E-state index contributed by atoms with van der Waals surface area (Å²) in [5.41, 5.74) is 2.64. The molecule has 1 aromatic carbocycles. The monoisotopic (exact) mass is 263 g/mol. The molecule has 19 heavy (non-hydrogen) atoms. The minimum atomic E-state index is -0.256. The maximum atomic E-state index is 9.45. The van der Waals surface area contributed by atoms with E-state index in [9.17, 15) is 5.11 Å². The molecule has 2 N–H and O–H groups in total. The van der Waals surface area contributed by atoms with Crippen molar-refractivity contribution in [2.24, 2.45) is 0 Å². The van der Waals surface area contributed by atoms with Crippen molar-refractivity contribution in [3.8, 4) is 5.75 Å². The Morgan fingerprint density at radius 1 is 1.37 bits per heavy atom. The van der Waals surface area contributed by atoms with E-state index in [2.05, 4.69) is 37.4 Å². The van der Waals surface area contributed by atoms with Gasteiger partial charge >= 0.3 is 0 Å². The molecule has 1 aliphatic heterocycles. The fourth-order valence-corrected chi connectivity index (χ4v) is 2.80. The Bertz CT molecular complexity index is 417. The van der Waals surface area contributed by atoms with E-state index in [4.69, 9.17) is 4.74 Å². The quantitative estimate of drug-likeness (QED) is 0.829. The van der Waals surface area contributed by atoms with Crippen molar-refractivity contribution in [3.63, 3.8) is 0 Å². The number of rotatable bonds is 6. The van der Waals surface area contributed by atoms with Crippen molar-refractivity contribution in [1.29, 1.82) is 0 Å². The van der Waals surface area contributed by atoms with Crippen LogP contribution in [-0.4, -0.2) is 23.9 Å². The number of aliphatic hydroxyl groups is 1. The highest BCUT2D eigenvalue weighted by Crippen LogP contribution is 2.29. The van der Waals surface area contributed by atoms with Crippen LogP contribution in [-0.2, 0) is 6.42 Å². The lowest BCUT2D eigenvalue weighted by Crippen LogP contribution is -2.32. The van der Waals surface area contributed by atoms with E-state index in [-0.39, 0.29) is 6.10 Å². The zero-order valence-electron chi connectivity index (χ0n) is 12.1. The van der Waals surface area contributed by atoms with Gasteiger partial charge in [0, 0.05) is 18.5 Å². The number of fused-ring (bicyclic) bond motifs is 1. The topological polar surface area (TPSA) is 41.5 Å². The maximum absolute atomic E-state index is 9.45. The second kappa shape index (κ2) is 6.40. The second-order valence-electron chi connectivity index (χ2n) is 5.58. The molecule has 3 nitrogen and oxygen atoms in total. The predicted octanol–water partition coefficient (Wildman–Crippen LogP) is 2.82. The molecule has 0 bridgehead atoms. The summed E-state index contributed by atoms with van der Waals surface area (Å²) in [6.45, 7) is 6.97. The van der Waals surface area contributed by atoms with E-state index in [0.29, 0.717) is 12.1 Å². The minimum absolute atomic E-state index is 0.256.